The van der Waals surface area contributed by atoms with Crippen LogP contribution >= 0.6 is 0 Å². The van der Waals surface area contributed by atoms with Gasteiger partial charge in [-0.15, -0.1) is 0 Å². The molecule has 0 bridgehead atoms. The maximum Gasteiger partial charge on any atom is 0.305 e. The van der Waals surface area contributed by atoms with Crippen molar-refractivity contribution in [2.75, 3.05) is 7.11 Å². The number of rotatable bonds is 5. The number of carbonyl (C=O) groups is 1. The third kappa shape index (κ3) is 3.15. The topological polar surface area (TPSA) is 116 Å². The van der Waals surface area contributed by atoms with E-state index >= 15 is 0 Å². The Morgan fingerprint density at radius 1 is 1.65 bits per heavy atom. The highest BCUT2D eigenvalue weighted by Gasteiger charge is 2.18. The number of nitro groups is 1. The van der Waals surface area contributed by atoms with Crippen LogP contribution in [0, 0.1) is 10.1 Å². The first kappa shape index (κ1) is 12.9. The maximum absolute atomic E-state index is 10.6. The first-order valence-corrected chi connectivity index (χ1v) is 4.75. The molecule has 1 atom stereocenters. The highest BCUT2D eigenvalue weighted by atomic mass is 16.6. The van der Waals surface area contributed by atoms with Crippen LogP contribution in [0.15, 0.2) is 18.2 Å². The van der Waals surface area contributed by atoms with Crippen LogP contribution in [0.25, 0.3) is 0 Å². The van der Waals surface area contributed by atoms with E-state index in [2.05, 4.69) is 0 Å². The summed E-state index contributed by atoms with van der Waals surface area (Å²) in [7, 11) is 1.34. The summed E-state index contributed by atoms with van der Waals surface area (Å²) in [5, 5.41) is 19.2. The molecule has 92 valence electrons. The molecule has 0 heterocycles. The van der Waals surface area contributed by atoms with Crippen LogP contribution in [-0.2, 0) is 4.79 Å². The average molecular weight is 240 g/mol. The Morgan fingerprint density at radius 2 is 2.29 bits per heavy atom. The fourth-order valence-corrected chi connectivity index (χ4v) is 1.42. The van der Waals surface area contributed by atoms with Gasteiger partial charge >= 0.3 is 5.97 Å². The molecule has 1 unspecified atom stereocenters. The number of hydrogen-bond donors (Lipinski definition) is 2. The second kappa shape index (κ2) is 5.26. The summed E-state index contributed by atoms with van der Waals surface area (Å²) in [6.07, 6.45) is -0.270. The van der Waals surface area contributed by atoms with E-state index < -0.39 is 16.9 Å². The van der Waals surface area contributed by atoms with Gasteiger partial charge in [0.05, 0.1) is 24.5 Å². The number of aliphatic carboxylic acids is 1. The first-order valence-electron chi connectivity index (χ1n) is 4.75. The number of benzene rings is 1. The van der Waals surface area contributed by atoms with Gasteiger partial charge < -0.3 is 15.6 Å². The van der Waals surface area contributed by atoms with Gasteiger partial charge in [0.2, 0.25) is 0 Å². The van der Waals surface area contributed by atoms with Gasteiger partial charge in [-0.05, 0) is 6.07 Å². The number of methoxy groups -OCH3 is 1. The van der Waals surface area contributed by atoms with E-state index in [1.807, 2.05) is 0 Å². The highest BCUT2D eigenvalue weighted by molar-refractivity contribution is 5.68. The van der Waals surface area contributed by atoms with Crippen LogP contribution in [0.1, 0.15) is 18.0 Å². The number of carboxylic acids is 1. The van der Waals surface area contributed by atoms with E-state index in [0.717, 1.165) is 0 Å². The second-order valence-corrected chi connectivity index (χ2v) is 3.39. The smallest absolute Gasteiger partial charge is 0.305 e. The first-order chi connectivity index (χ1) is 7.95. The molecule has 1 aromatic rings. The van der Waals surface area contributed by atoms with Crippen LogP contribution in [0.2, 0.25) is 0 Å². The summed E-state index contributed by atoms with van der Waals surface area (Å²) in [4.78, 5) is 20.5. The predicted molar refractivity (Wildman–Crippen MR) is 58.8 cm³/mol. The normalized spacial score (nSPS) is 11.9. The van der Waals surface area contributed by atoms with Gasteiger partial charge in [-0.25, -0.2) is 0 Å². The van der Waals surface area contributed by atoms with Crippen LogP contribution in [0.5, 0.6) is 5.75 Å². The monoisotopic (exact) mass is 240 g/mol. The molecule has 17 heavy (non-hydrogen) atoms. The van der Waals surface area contributed by atoms with Crippen LogP contribution in [-0.4, -0.2) is 23.1 Å². The number of carboxylic acid groups (broad SMARTS) is 1. The van der Waals surface area contributed by atoms with Gasteiger partial charge in [-0.1, -0.05) is 0 Å². The zero-order valence-corrected chi connectivity index (χ0v) is 9.12. The minimum absolute atomic E-state index is 0.131. The number of ether oxygens (including phenoxy) is 1. The molecule has 3 N–H and O–H groups in total. The molecule has 0 aromatic heterocycles. The molecule has 1 aromatic carbocycles. The van der Waals surface area contributed by atoms with E-state index in [4.69, 9.17) is 15.6 Å². The van der Waals surface area contributed by atoms with Gasteiger partial charge in [0.1, 0.15) is 5.75 Å². The Morgan fingerprint density at radius 3 is 2.76 bits per heavy atom. The second-order valence-electron chi connectivity index (χ2n) is 3.39. The lowest BCUT2D eigenvalue weighted by atomic mass is 10.0. The summed E-state index contributed by atoms with van der Waals surface area (Å²) in [5.41, 5.74) is 5.97. The quantitative estimate of drug-likeness (QED) is 0.587. The summed E-state index contributed by atoms with van der Waals surface area (Å²) < 4.78 is 4.96. The van der Waals surface area contributed by atoms with Crippen LogP contribution in [0.4, 0.5) is 5.69 Å². The largest absolute Gasteiger partial charge is 0.496 e. The minimum atomic E-state index is -1.04. The van der Waals surface area contributed by atoms with Crippen molar-refractivity contribution in [1.29, 1.82) is 0 Å². The van der Waals surface area contributed by atoms with Gasteiger partial charge in [0.15, 0.2) is 0 Å². The Bertz CT molecular complexity index is 446. The zero-order valence-electron chi connectivity index (χ0n) is 9.12. The number of nitrogens with zero attached hydrogens (tertiary/aromatic N) is 1. The Hall–Kier alpha value is -2.15. The molecule has 0 aliphatic heterocycles. The third-order valence-electron chi connectivity index (χ3n) is 2.22. The third-order valence-corrected chi connectivity index (χ3v) is 2.22. The van der Waals surface area contributed by atoms with Crippen LogP contribution in [0.3, 0.4) is 0 Å². The molecule has 7 nitrogen and oxygen atoms in total. The Labute approximate surface area is 97.0 Å². The Kier molecular flexibility index (Phi) is 4.00. The van der Waals surface area contributed by atoms with Crippen molar-refractivity contribution in [1.82, 2.24) is 0 Å². The average Bonchev–Trinajstić information content (AvgIpc) is 2.27. The summed E-state index contributed by atoms with van der Waals surface area (Å²) in [5.74, 6) is -0.828. The van der Waals surface area contributed by atoms with Gasteiger partial charge in [-0.3, -0.25) is 14.9 Å². The van der Waals surface area contributed by atoms with Gasteiger partial charge in [0.25, 0.3) is 5.69 Å². The van der Waals surface area contributed by atoms with Gasteiger partial charge in [0, 0.05) is 17.7 Å². The SMILES string of the molecule is COc1cc([N+](=O)[O-])ccc1C(N)CC(=O)O. The van der Waals surface area contributed by atoms with Crippen molar-refractivity contribution in [3.05, 3.63) is 33.9 Å². The fraction of sp³-hybridized carbons (Fsp3) is 0.300. The maximum atomic E-state index is 10.6. The van der Waals surface area contributed by atoms with E-state index in [1.54, 1.807) is 0 Å². The summed E-state index contributed by atoms with van der Waals surface area (Å²) >= 11 is 0. The number of nitro benzene ring substituents is 1. The fourth-order valence-electron chi connectivity index (χ4n) is 1.42. The van der Waals surface area contributed by atoms with Gasteiger partial charge in [-0.2, -0.15) is 0 Å². The lowest BCUT2D eigenvalue weighted by molar-refractivity contribution is -0.384. The van der Waals surface area contributed by atoms with E-state index in [1.165, 1.54) is 25.3 Å². The summed E-state index contributed by atoms with van der Waals surface area (Å²) in [6, 6.07) is 3.13. The molecule has 7 heteroatoms. The minimum Gasteiger partial charge on any atom is -0.496 e. The predicted octanol–water partition coefficient (Wildman–Crippen LogP) is 1.08. The lowest BCUT2D eigenvalue weighted by Gasteiger charge is -2.13. The Balaban J connectivity index is 3.07. The standard InChI is InChI=1S/C10H12N2O5/c1-17-9-4-6(12(15)16)2-3-7(9)8(11)5-10(13)14/h2-4,8H,5,11H2,1H3,(H,13,14). The van der Waals surface area contributed by atoms with E-state index in [-0.39, 0.29) is 17.9 Å². The highest BCUT2D eigenvalue weighted by Crippen LogP contribution is 2.29. The number of nitrogens with two attached hydrogens (primary N) is 1. The van der Waals surface area contributed by atoms with Crippen molar-refractivity contribution >= 4 is 11.7 Å². The van der Waals surface area contributed by atoms with E-state index in [0.29, 0.717) is 5.56 Å². The van der Waals surface area contributed by atoms with Crippen molar-refractivity contribution < 1.29 is 19.6 Å². The molecule has 0 fully saturated rings. The molecule has 0 radical (unpaired) electrons. The molecular formula is C10H12N2O5. The molecule has 1 rings (SSSR count). The number of hydrogen-bond acceptors (Lipinski definition) is 5. The van der Waals surface area contributed by atoms with Crippen molar-refractivity contribution in [2.24, 2.45) is 5.73 Å². The molecule has 0 saturated heterocycles. The lowest BCUT2D eigenvalue weighted by Crippen LogP contribution is -2.16. The molecular weight excluding hydrogens is 228 g/mol. The van der Waals surface area contributed by atoms with Crippen molar-refractivity contribution in [3.8, 4) is 5.75 Å². The molecule has 0 aliphatic rings. The molecule has 0 aliphatic carbocycles. The molecule has 0 amide bonds. The van der Waals surface area contributed by atoms with Crippen molar-refractivity contribution in [3.63, 3.8) is 0 Å². The number of non-ortho nitro benzene ring substituents is 1. The summed E-state index contributed by atoms with van der Waals surface area (Å²) in [6.45, 7) is 0. The van der Waals surface area contributed by atoms with Crippen molar-refractivity contribution in [2.45, 2.75) is 12.5 Å². The molecule has 0 saturated carbocycles. The zero-order chi connectivity index (χ0) is 13.0. The van der Waals surface area contributed by atoms with Crippen LogP contribution < -0.4 is 10.5 Å². The van der Waals surface area contributed by atoms with E-state index in [9.17, 15) is 14.9 Å². The molecule has 0 spiro atoms.